The van der Waals surface area contributed by atoms with Crippen LogP contribution in [0.4, 0.5) is 10.5 Å². The van der Waals surface area contributed by atoms with E-state index < -0.39 is 21.7 Å². The minimum Gasteiger partial charge on any atom is -0.444 e. The van der Waals surface area contributed by atoms with E-state index in [0.29, 0.717) is 25.2 Å². The molecule has 24 heavy (non-hydrogen) atoms. The van der Waals surface area contributed by atoms with Gasteiger partial charge >= 0.3 is 6.09 Å². The summed E-state index contributed by atoms with van der Waals surface area (Å²) in [6.07, 6.45) is 3.82. The third-order valence-electron chi connectivity index (χ3n) is 3.33. The van der Waals surface area contributed by atoms with Crippen LogP contribution in [0.15, 0.2) is 30.3 Å². The van der Waals surface area contributed by atoms with Gasteiger partial charge in [-0.2, -0.15) is 0 Å². The van der Waals surface area contributed by atoms with Crippen LogP contribution in [0.2, 0.25) is 0 Å². The van der Waals surface area contributed by atoms with E-state index >= 15 is 0 Å². The van der Waals surface area contributed by atoms with Crippen molar-refractivity contribution in [2.24, 2.45) is 0 Å². The number of amides is 1. The Morgan fingerprint density at radius 1 is 1.38 bits per heavy atom. The third-order valence-corrected chi connectivity index (χ3v) is 5.20. The average molecular weight is 352 g/mol. The number of benzene rings is 1. The summed E-state index contributed by atoms with van der Waals surface area (Å²) in [6.45, 7) is 6.28. The highest BCUT2D eigenvalue weighted by Crippen LogP contribution is 2.25. The predicted octanol–water partition coefficient (Wildman–Crippen LogP) is 2.76. The summed E-state index contributed by atoms with van der Waals surface area (Å²) in [5.74, 6) is 0.201. The van der Waals surface area contributed by atoms with Crippen LogP contribution < -0.4 is 9.62 Å². The first-order chi connectivity index (χ1) is 11.2. The lowest BCUT2D eigenvalue weighted by molar-refractivity contribution is 0.0534. The molecule has 0 aromatic heterocycles. The lowest BCUT2D eigenvalue weighted by atomic mass is 10.2. The molecule has 0 aliphatic carbocycles. The molecule has 6 nitrogen and oxygen atoms in total. The summed E-state index contributed by atoms with van der Waals surface area (Å²) in [4.78, 5) is 11.5. The molecular formula is C17H24N2O4S. The van der Waals surface area contributed by atoms with E-state index in [1.54, 1.807) is 32.9 Å². The van der Waals surface area contributed by atoms with Crippen LogP contribution in [-0.2, 0) is 14.8 Å². The van der Waals surface area contributed by atoms with E-state index in [-0.39, 0.29) is 5.75 Å². The van der Waals surface area contributed by atoms with Gasteiger partial charge in [-0.25, -0.2) is 13.2 Å². The van der Waals surface area contributed by atoms with Gasteiger partial charge in [0.2, 0.25) is 10.0 Å². The van der Waals surface area contributed by atoms with Crippen molar-refractivity contribution in [2.45, 2.75) is 32.8 Å². The Hall–Kier alpha value is -2.02. The van der Waals surface area contributed by atoms with Gasteiger partial charge in [-0.15, -0.1) is 0 Å². The fraction of sp³-hybridized carbons (Fsp3) is 0.471. The van der Waals surface area contributed by atoms with Crippen molar-refractivity contribution >= 4 is 27.9 Å². The van der Waals surface area contributed by atoms with Crippen molar-refractivity contribution in [1.29, 1.82) is 0 Å². The second kappa shape index (κ2) is 7.25. The smallest absolute Gasteiger partial charge is 0.407 e. The minimum absolute atomic E-state index is 0.201. The zero-order chi connectivity index (χ0) is 17.8. The standard InChI is InChI=1S/C17H24N2O4S/c1-17(2,3)23-16(20)18-10-5-8-14-7-4-9-15(13-14)19-11-6-12-24(19,21)22/h4-5,7-9,13H,6,10-12H2,1-3H3,(H,18,20). The fourth-order valence-electron chi connectivity index (χ4n) is 2.36. The number of hydrogen-bond acceptors (Lipinski definition) is 4. The van der Waals surface area contributed by atoms with E-state index in [1.165, 1.54) is 4.31 Å². The van der Waals surface area contributed by atoms with Gasteiger partial charge in [0.25, 0.3) is 0 Å². The van der Waals surface area contributed by atoms with E-state index in [9.17, 15) is 13.2 Å². The second-order valence-corrected chi connectivity index (χ2v) is 8.63. The summed E-state index contributed by atoms with van der Waals surface area (Å²) in [6, 6.07) is 7.33. The summed E-state index contributed by atoms with van der Waals surface area (Å²) < 4.78 is 30.5. The van der Waals surface area contributed by atoms with Gasteiger partial charge in [-0.1, -0.05) is 24.3 Å². The minimum atomic E-state index is -3.18. The fourth-order valence-corrected chi connectivity index (χ4v) is 3.92. The Bertz CT molecular complexity index is 720. The van der Waals surface area contributed by atoms with Gasteiger partial charge in [-0.05, 0) is 44.9 Å². The summed E-state index contributed by atoms with van der Waals surface area (Å²) in [7, 11) is -3.18. The van der Waals surface area contributed by atoms with Gasteiger partial charge in [-0.3, -0.25) is 4.31 Å². The maximum atomic E-state index is 12.0. The molecular weight excluding hydrogens is 328 g/mol. The topological polar surface area (TPSA) is 75.7 Å². The van der Waals surface area contributed by atoms with Gasteiger partial charge < -0.3 is 10.1 Å². The monoisotopic (exact) mass is 352 g/mol. The van der Waals surface area contributed by atoms with E-state index in [4.69, 9.17) is 4.74 Å². The lowest BCUT2D eigenvalue weighted by Gasteiger charge is -2.19. The number of sulfonamides is 1. The molecule has 1 saturated heterocycles. The number of hydrogen-bond donors (Lipinski definition) is 1. The molecule has 0 spiro atoms. The van der Waals surface area contributed by atoms with Crippen molar-refractivity contribution in [3.8, 4) is 0 Å². The maximum Gasteiger partial charge on any atom is 0.407 e. The van der Waals surface area contributed by atoms with E-state index in [0.717, 1.165) is 5.56 Å². The molecule has 132 valence electrons. The van der Waals surface area contributed by atoms with Crippen molar-refractivity contribution in [2.75, 3.05) is 23.1 Å². The van der Waals surface area contributed by atoms with Gasteiger partial charge in [0, 0.05) is 13.1 Å². The molecule has 1 amide bonds. The summed E-state index contributed by atoms with van der Waals surface area (Å²) in [5, 5.41) is 2.64. The van der Waals surface area contributed by atoms with Crippen LogP contribution in [0.25, 0.3) is 6.08 Å². The number of carbonyl (C=O) groups excluding carboxylic acids is 1. The quantitative estimate of drug-likeness (QED) is 0.904. The molecule has 0 radical (unpaired) electrons. The number of nitrogens with one attached hydrogen (secondary N) is 1. The van der Waals surface area contributed by atoms with E-state index in [1.807, 2.05) is 24.3 Å². The predicted molar refractivity (Wildman–Crippen MR) is 95.5 cm³/mol. The number of rotatable bonds is 4. The van der Waals surface area contributed by atoms with Crippen molar-refractivity contribution < 1.29 is 17.9 Å². The van der Waals surface area contributed by atoms with Gasteiger partial charge in [0.05, 0.1) is 11.4 Å². The van der Waals surface area contributed by atoms with Crippen LogP contribution >= 0.6 is 0 Å². The third kappa shape index (κ3) is 5.26. The van der Waals surface area contributed by atoms with Crippen LogP contribution in [0.3, 0.4) is 0 Å². The first kappa shape index (κ1) is 18.3. The molecule has 1 aliphatic heterocycles. The number of ether oxygens (including phenoxy) is 1. The first-order valence-electron chi connectivity index (χ1n) is 7.91. The zero-order valence-electron chi connectivity index (χ0n) is 14.3. The van der Waals surface area contributed by atoms with Crippen LogP contribution in [-0.4, -0.2) is 39.0 Å². The molecule has 1 aliphatic rings. The number of carbonyl (C=O) groups is 1. The van der Waals surface area contributed by atoms with Crippen LogP contribution in [0, 0.1) is 0 Å². The highest BCUT2D eigenvalue weighted by atomic mass is 32.2. The van der Waals surface area contributed by atoms with Gasteiger partial charge in [0.15, 0.2) is 0 Å². The normalized spacial score (nSPS) is 17.2. The number of nitrogens with zero attached hydrogens (tertiary/aromatic N) is 1. The van der Waals surface area contributed by atoms with Crippen molar-refractivity contribution in [1.82, 2.24) is 5.32 Å². The second-order valence-electron chi connectivity index (χ2n) is 6.62. The maximum absolute atomic E-state index is 12.0. The lowest BCUT2D eigenvalue weighted by Crippen LogP contribution is -2.32. The number of anilines is 1. The molecule has 0 saturated carbocycles. The van der Waals surface area contributed by atoms with Gasteiger partial charge in [0.1, 0.15) is 5.60 Å². The largest absolute Gasteiger partial charge is 0.444 e. The average Bonchev–Trinajstić information content (AvgIpc) is 2.81. The first-order valence-corrected chi connectivity index (χ1v) is 9.52. The highest BCUT2D eigenvalue weighted by Gasteiger charge is 2.28. The molecule has 0 bridgehead atoms. The summed E-state index contributed by atoms with van der Waals surface area (Å²) in [5.41, 5.74) is 1.03. The van der Waals surface area contributed by atoms with Crippen LogP contribution in [0.1, 0.15) is 32.8 Å². The molecule has 1 aromatic rings. The molecule has 1 fully saturated rings. The number of alkyl carbamates (subject to hydrolysis) is 1. The SMILES string of the molecule is CC(C)(C)OC(=O)NCC=Cc1cccc(N2CCCS2(=O)=O)c1. The molecule has 2 rings (SSSR count). The van der Waals surface area contributed by atoms with E-state index in [2.05, 4.69) is 5.32 Å². The summed E-state index contributed by atoms with van der Waals surface area (Å²) >= 11 is 0. The Morgan fingerprint density at radius 3 is 2.75 bits per heavy atom. The molecule has 0 atom stereocenters. The Labute approximate surface area is 143 Å². The highest BCUT2D eigenvalue weighted by molar-refractivity contribution is 7.93. The molecule has 0 unspecified atom stereocenters. The Balaban J connectivity index is 1.94. The molecule has 1 aromatic carbocycles. The van der Waals surface area contributed by atoms with Crippen molar-refractivity contribution in [3.63, 3.8) is 0 Å². The Kier molecular flexibility index (Phi) is 5.54. The molecule has 1 heterocycles. The zero-order valence-corrected chi connectivity index (χ0v) is 15.1. The molecule has 1 N–H and O–H groups in total. The molecule has 7 heteroatoms. The Morgan fingerprint density at radius 2 is 2.12 bits per heavy atom. The van der Waals surface area contributed by atoms with Crippen LogP contribution in [0.5, 0.6) is 0 Å². The van der Waals surface area contributed by atoms with Crippen molar-refractivity contribution in [3.05, 3.63) is 35.9 Å².